The third-order valence-corrected chi connectivity index (χ3v) is 7.39. The van der Waals surface area contributed by atoms with Crippen molar-refractivity contribution in [2.75, 3.05) is 25.5 Å². The molecule has 1 aliphatic rings. The first-order chi connectivity index (χ1) is 14.4. The highest BCUT2D eigenvalue weighted by atomic mass is 32.2. The molecule has 4 rings (SSSR count). The number of benzene rings is 2. The van der Waals surface area contributed by atoms with Crippen molar-refractivity contribution in [3.8, 4) is 5.75 Å². The quantitative estimate of drug-likeness (QED) is 0.585. The van der Waals surface area contributed by atoms with Crippen LogP contribution in [0.3, 0.4) is 0 Å². The lowest BCUT2D eigenvalue weighted by Gasteiger charge is -2.18. The van der Waals surface area contributed by atoms with E-state index in [9.17, 15) is 13.2 Å². The fourth-order valence-corrected chi connectivity index (χ4v) is 4.77. The zero-order chi connectivity index (χ0) is 21.3. The van der Waals surface area contributed by atoms with Gasteiger partial charge in [-0.1, -0.05) is 0 Å². The van der Waals surface area contributed by atoms with E-state index in [0.717, 1.165) is 16.9 Å². The standard InChI is InChI=1S/C21H21N3O4S2/c1-23(2)30(26,27)19-7-8-20-16(11-19)9-10-24(20)21(25)15-3-5-18(6-4-15)28-12-17-13-29-14-22-17/h3-8,11,13-14H,9-10,12H2,1-2H3. The van der Waals surface area contributed by atoms with Gasteiger partial charge in [-0.05, 0) is 54.4 Å². The molecule has 0 spiro atoms. The normalized spacial score (nSPS) is 13.5. The third-order valence-electron chi connectivity index (χ3n) is 4.94. The maximum absolute atomic E-state index is 13.0. The van der Waals surface area contributed by atoms with E-state index in [2.05, 4.69) is 4.98 Å². The summed E-state index contributed by atoms with van der Waals surface area (Å²) in [5, 5.41) is 1.93. The predicted molar refractivity (Wildman–Crippen MR) is 116 cm³/mol. The van der Waals surface area contributed by atoms with Crippen molar-refractivity contribution in [2.24, 2.45) is 0 Å². The highest BCUT2D eigenvalue weighted by Crippen LogP contribution is 2.32. The van der Waals surface area contributed by atoms with Crippen LogP contribution in [-0.4, -0.2) is 44.3 Å². The average molecular weight is 444 g/mol. The molecule has 0 fully saturated rings. The Morgan fingerprint density at radius 1 is 1.20 bits per heavy atom. The van der Waals surface area contributed by atoms with Gasteiger partial charge in [-0.2, -0.15) is 0 Å². The lowest BCUT2D eigenvalue weighted by molar-refractivity contribution is 0.0989. The lowest BCUT2D eigenvalue weighted by Crippen LogP contribution is -2.28. The van der Waals surface area contributed by atoms with Gasteiger partial charge in [0.15, 0.2) is 0 Å². The molecular formula is C21H21N3O4S2. The first-order valence-electron chi connectivity index (χ1n) is 9.33. The Morgan fingerprint density at radius 3 is 2.63 bits per heavy atom. The van der Waals surface area contributed by atoms with Gasteiger partial charge in [0, 0.05) is 37.3 Å². The number of aromatic nitrogens is 1. The fraction of sp³-hybridized carbons (Fsp3) is 0.238. The van der Waals surface area contributed by atoms with Gasteiger partial charge in [0.2, 0.25) is 10.0 Å². The Hall–Kier alpha value is -2.75. The van der Waals surface area contributed by atoms with Crippen LogP contribution < -0.4 is 9.64 Å². The minimum absolute atomic E-state index is 0.122. The molecule has 30 heavy (non-hydrogen) atoms. The lowest BCUT2D eigenvalue weighted by atomic mass is 10.1. The maximum atomic E-state index is 13.0. The van der Waals surface area contributed by atoms with E-state index in [1.165, 1.54) is 29.7 Å². The Labute approximate surface area is 179 Å². The molecule has 9 heteroatoms. The Balaban J connectivity index is 1.49. The van der Waals surface area contributed by atoms with Crippen LogP contribution in [0.5, 0.6) is 5.75 Å². The highest BCUT2D eigenvalue weighted by molar-refractivity contribution is 7.89. The molecule has 7 nitrogen and oxygen atoms in total. The van der Waals surface area contributed by atoms with Crippen LogP contribution in [0.4, 0.5) is 5.69 Å². The van der Waals surface area contributed by atoms with E-state index in [0.29, 0.717) is 30.9 Å². The molecule has 1 amide bonds. The second kappa shape index (κ2) is 8.17. The minimum atomic E-state index is -3.50. The number of ether oxygens (including phenoxy) is 1. The summed E-state index contributed by atoms with van der Waals surface area (Å²) in [7, 11) is -0.498. The maximum Gasteiger partial charge on any atom is 0.258 e. The number of carbonyl (C=O) groups excluding carboxylic acids is 1. The zero-order valence-corrected chi connectivity index (χ0v) is 18.2. The van der Waals surface area contributed by atoms with Crippen LogP contribution in [0, 0.1) is 0 Å². The molecule has 1 aromatic heterocycles. The summed E-state index contributed by atoms with van der Waals surface area (Å²) in [6.07, 6.45) is 0.618. The monoisotopic (exact) mass is 443 g/mol. The van der Waals surface area contributed by atoms with E-state index in [4.69, 9.17) is 4.74 Å². The van der Waals surface area contributed by atoms with Crippen molar-refractivity contribution in [3.05, 3.63) is 70.2 Å². The number of thiazole rings is 1. The Kier molecular flexibility index (Phi) is 5.59. The molecule has 3 aromatic rings. The fourth-order valence-electron chi connectivity index (χ4n) is 3.28. The van der Waals surface area contributed by atoms with Crippen molar-refractivity contribution in [3.63, 3.8) is 0 Å². The Morgan fingerprint density at radius 2 is 1.97 bits per heavy atom. The van der Waals surface area contributed by atoms with E-state index in [1.54, 1.807) is 52.9 Å². The summed E-state index contributed by atoms with van der Waals surface area (Å²) < 4.78 is 31.6. The summed E-state index contributed by atoms with van der Waals surface area (Å²) in [5.74, 6) is 0.544. The number of carbonyl (C=O) groups is 1. The molecule has 0 unspecified atom stereocenters. The number of rotatable bonds is 6. The van der Waals surface area contributed by atoms with Crippen LogP contribution in [0.15, 0.2) is 58.3 Å². The van der Waals surface area contributed by atoms with Gasteiger partial charge in [-0.15, -0.1) is 11.3 Å². The van der Waals surface area contributed by atoms with Gasteiger partial charge in [0.1, 0.15) is 12.4 Å². The summed E-state index contributed by atoms with van der Waals surface area (Å²) in [6, 6.07) is 11.9. The smallest absolute Gasteiger partial charge is 0.258 e. The molecule has 0 saturated heterocycles. The molecule has 2 aromatic carbocycles. The van der Waals surface area contributed by atoms with Gasteiger partial charge in [-0.3, -0.25) is 4.79 Å². The van der Waals surface area contributed by atoms with Gasteiger partial charge < -0.3 is 9.64 Å². The van der Waals surface area contributed by atoms with E-state index in [-0.39, 0.29) is 10.8 Å². The van der Waals surface area contributed by atoms with Gasteiger partial charge in [0.05, 0.1) is 16.1 Å². The molecule has 0 radical (unpaired) electrons. The van der Waals surface area contributed by atoms with E-state index >= 15 is 0 Å². The number of sulfonamides is 1. The Bertz CT molecular complexity index is 1160. The molecule has 1 aliphatic heterocycles. The van der Waals surface area contributed by atoms with Crippen LogP contribution in [0.25, 0.3) is 0 Å². The molecule has 0 aliphatic carbocycles. The average Bonchev–Trinajstić information content (AvgIpc) is 3.41. The first-order valence-corrected chi connectivity index (χ1v) is 11.7. The molecular weight excluding hydrogens is 422 g/mol. The van der Waals surface area contributed by atoms with Gasteiger partial charge in [0.25, 0.3) is 5.91 Å². The SMILES string of the molecule is CN(C)S(=O)(=O)c1ccc2c(c1)CCN2C(=O)c1ccc(OCc2cscn2)cc1. The molecule has 0 saturated carbocycles. The van der Waals surface area contributed by atoms with Crippen molar-refractivity contribution in [1.29, 1.82) is 0 Å². The number of fused-ring (bicyclic) bond motifs is 1. The third kappa shape index (κ3) is 3.96. The first kappa shape index (κ1) is 20.5. The van der Waals surface area contributed by atoms with Crippen LogP contribution in [0.2, 0.25) is 0 Å². The molecule has 156 valence electrons. The minimum Gasteiger partial charge on any atom is -0.487 e. The van der Waals surface area contributed by atoms with Crippen LogP contribution in [-0.2, 0) is 23.1 Å². The van der Waals surface area contributed by atoms with Crippen molar-refractivity contribution < 1.29 is 17.9 Å². The molecule has 0 N–H and O–H groups in total. The number of anilines is 1. The summed E-state index contributed by atoms with van der Waals surface area (Å²) in [4.78, 5) is 19.1. The summed E-state index contributed by atoms with van der Waals surface area (Å²) in [5.41, 5.74) is 4.78. The topological polar surface area (TPSA) is 79.8 Å². The second-order valence-corrected chi connectivity index (χ2v) is 9.95. The molecule has 0 bridgehead atoms. The number of hydrogen-bond donors (Lipinski definition) is 0. The van der Waals surface area contributed by atoms with Crippen molar-refractivity contribution in [2.45, 2.75) is 17.9 Å². The van der Waals surface area contributed by atoms with E-state index in [1.807, 2.05) is 5.38 Å². The van der Waals surface area contributed by atoms with Crippen molar-refractivity contribution >= 4 is 33.0 Å². The number of hydrogen-bond acceptors (Lipinski definition) is 6. The van der Waals surface area contributed by atoms with Gasteiger partial charge >= 0.3 is 0 Å². The molecule has 2 heterocycles. The van der Waals surface area contributed by atoms with Crippen molar-refractivity contribution in [1.82, 2.24) is 9.29 Å². The summed E-state index contributed by atoms with van der Waals surface area (Å²) >= 11 is 1.52. The predicted octanol–water partition coefficient (Wildman–Crippen LogP) is 3.18. The second-order valence-electron chi connectivity index (χ2n) is 7.08. The highest BCUT2D eigenvalue weighted by Gasteiger charge is 2.28. The number of nitrogens with zero attached hydrogens (tertiary/aromatic N) is 3. The van der Waals surface area contributed by atoms with Gasteiger partial charge in [-0.25, -0.2) is 17.7 Å². The summed E-state index contributed by atoms with van der Waals surface area (Å²) in [6.45, 7) is 0.899. The van der Waals surface area contributed by atoms with Crippen LogP contribution >= 0.6 is 11.3 Å². The zero-order valence-electron chi connectivity index (χ0n) is 16.6. The van der Waals surface area contributed by atoms with E-state index < -0.39 is 10.0 Å². The van der Waals surface area contributed by atoms with Crippen LogP contribution in [0.1, 0.15) is 21.6 Å². The largest absolute Gasteiger partial charge is 0.487 e. The molecule has 0 atom stereocenters. The number of amides is 1.